The van der Waals surface area contributed by atoms with E-state index >= 15 is 0 Å². The summed E-state index contributed by atoms with van der Waals surface area (Å²) in [7, 11) is 1.90. The number of amides is 1. The van der Waals surface area contributed by atoms with E-state index < -0.39 is 0 Å². The number of likely N-dealkylation sites (tertiary alicyclic amines) is 1. The van der Waals surface area contributed by atoms with Crippen LogP contribution in [0, 0.1) is 0 Å². The van der Waals surface area contributed by atoms with E-state index in [-0.39, 0.29) is 29.9 Å². The minimum absolute atomic E-state index is 0. The van der Waals surface area contributed by atoms with Gasteiger partial charge in [-0.15, -0.1) is 12.4 Å². The predicted molar refractivity (Wildman–Crippen MR) is 88.9 cm³/mol. The molecule has 122 valence electrons. The molecule has 5 nitrogen and oxygen atoms in total. The van der Waals surface area contributed by atoms with Crippen LogP contribution in [0.15, 0.2) is 10.9 Å². The second-order valence-electron chi connectivity index (χ2n) is 6.08. The number of hydrogen-bond acceptors (Lipinski definition) is 3. The Bertz CT molecular complexity index is 600. The van der Waals surface area contributed by atoms with E-state index in [1.165, 1.54) is 0 Å². The molecular weight excluding hydrogens is 302 g/mol. The van der Waals surface area contributed by atoms with E-state index in [4.69, 9.17) is 0 Å². The number of aryl methyl sites for hydroxylation is 2. The second kappa shape index (κ2) is 7.29. The molecule has 0 spiro atoms. The maximum absolute atomic E-state index is 12.7. The first-order valence-electron chi connectivity index (χ1n) is 7.91. The lowest BCUT2D eigenvalue weighted by Gasteiger charge is -2.25. The summed E-state index contributed by atoms with van der Waals surface area (Å²) < 4.78 is 0. The number of rotatable bonds is 3. The number of nitrogens with one attached hydrogen (secondary N) is 2. The highest BCUT2D eigenvalue weighted by molar-refractivity contribution is 5.94. The Labute approximate surface area is 136 Å². The fourth-order valence-corrected chi connectivity index (χ4v) is 3.54. The van der Waals surface area contributed by atoms with Gasteiger partial charge in [-0.25, -0.2) is 0 Å². The van der Waals surface area contributed by atoms with Crippen LogP contribution >= 0.6 is 12.4 Å². The van der Waals surface area contributed by atoms with Crippen LogP contribution in [-0.2, 0) is 12.8 Å². The Hall–Kier alpha value is -1.33. The molecule has 1 aromatic heterocycles. The fraction of sp³-hybridized carbons (Fsp3) is 0.625. The number of H-pyrrole nitrogens is 1. The van der Waals surface area contributed by atoms with Gasteiger partial charge in [0.1, 0.15) is 5.56 Å². The third-order valence-corrected chi connectivity index (χ3v) is 4.65. The first-order chi connectivity index (χ1) is 10.2. The summed E-state index contributed by atoms with van der Waals surface area (Å²) in [6, 6.07) is 2.04. The molecule has 2 aliphatic rings. The molecule has 3 rings (SSSR count). The summed E-state index contributed by atoms with van der Waals surface area (Å²) in [5.41, 5.74) is 2.26. The number of carbonyl (C=O) groups is 1. The fourth-order valence-electron chi connectivity index (χ4n) is 3.54. The van der Waals surface area contributed by atoms with E-state index in [1.807, 2.05) is 18.0 Å². The summed E-state index contributed by atoms with van der Waals surface area (Å²) in [4.78, 5) is 29.7. The number of halogens is 1. The van der Waals surface area contributed by atoms with Crippen molar-refractivity contribution in [3.05, 3.63) is 33.2 Å². The number of fused-ring (bicyclic) bond motifs is 1. The van der Waals surface area contributed by atoms with Crippen molar-refractivity contribution in [2.75, 3.05) is 20.1 Å². The van der Waals surface area contributed by atoms with Gasteiger partial charge in [-0.1, -0.05) is 0 Å². The molecule has 2 heterocycles. The molecule has 1 unspecified atom stereocenters. The molecule has 1 saturated heterocycles. The highest BCUT2D eigenvalue weighted by Crippen LogP contribution is 2.22. The minimum atomic E-state index is -0.226. The zero-order valence-electron chi connectivity index (χ0n) is 13.0. The Morgan fingerprint density at radius 1 is 1.36 bits per heavy atom. The van der Waals surface area contributed by atoms with Gasteiger partial charge in [0.15, 0.2) is 0 Å². The third kappa shape index (κ3) is 3.20. The number of likely N-dealkylation sites (N-methyl/N-ethyl adjacent to an activating group) is 1. The van der Waals surface area contributed by atoms with E-state index in [1.54, 1.807) is 0 Å². The smallest absolute Gasteiger partial charge is 0.261 e. The molecule has 1 fully saturated rings. The molecule has 2 N–H and O–H groups in total. The molecule has 6 heteroatoms. The SMILES string of the molecule is CNCC1CCCN1C(=O)c1cc2c([nH]c1=O)CCCC2.Cl. The molecule has 22 heavy (non-hydrogen) atoms. The largest absolute Gasteiger partial charge is 0.334 e. The Morgan fingerprint density at radius 2 is 2.14 bits per heavy atom. The van der Waals surface area contributed by atoms with Crippen molar-refractivity contribution in [1.29, 1.82) is 0 Å². The Balaban J connectivity index is 0.00000176. The van der Waals surface area contributed by atoms with Crippen molar-refractivity contribution < 1.29 is 4.79 Å². The first kappa shape index (κ1) is 17.0. The lowest BCUT2D eigenvalue weighted by Crippen LogP contribution is -2.42. The minimum Gasteiger partial charge on any atom is -0.334 e. The van der Waals surface area contributed by atoms with Gasteiger partial charge in [-0.05, 0) is 57.2 Å². The van der Waals surface area contributed by atoms with Crippen LogP contribution in [0.2, 0.25) is 0 Å². The number of aromatic amines is 1. The summed E-state index contributed by atoms with van der Waals surface area (Å²) in [5, 5.41) is 3.13. The van der Waals surface area contributed by atoms with Crippen LogP contribution in [0.5, 0.6) is 0 Å². The van der Waals surface area contributed by atoms with Gasteiger partial charge in [0, 0.05) is 24.8 Å². The topological polar surface area (TPSA) is 65.2 Å². The number of carbonyl (C=O) groups excluding carboxylic acids is 1. The van der Waals surface area contributed by atoms with Gasteiger partial charge in [0.25, 0.3) is 11.5 Å². The number of nitrogens with zero attached hydrogens (tertiary/aromatic N) is 1. The normalized spacial score (nSPS) is 20.4. The molecule has 0 aromatic carbocycles. The lowest BCUT2D eigenvalue weighted by atomic mass is 9.95. The first-order valence-corrected chi connectivity index (χ1v) is 7.91. The monoisotopic (exact) mass is 325 g/mol. The molecule has 1 atom stereocenters. The maximum Gasteiger partial charge on any atom is 0.261 e. The van der Waals surface area contributed by atoms with Gasteiger partial charge >= 0.3 is 0 Å². The van der Waals surface area contributed by atoms with Crippen LogP contribution in [0.3, 0.4) is 0 Å². The highest BCUT2D eigenvalue weighted by atomic mass is 35.5. The van der Waals surface area contributed by atoms with Gasteiger partial charge < -0.3 is 15.2 Å². The molecule has 0 saturated carbocycles. The van der Waals surface area contributed by atoms with E-state index in [9.17, 15) is 9.59 Å². The summed E-state index contributed by atoms with van der Waals surface area (Å²) in [6.07, 6.45) is 6.17. The average Bonchev–Trinajstić information content (AvgIpc) is 2.94. The lowest BCUT2D eigenvalue weighted by molar-refractivity contribution is 0.0735. The molecule has 1 aliphatic carbocycles. The highest BCUT2D eigenvalue weighted by Gasteiger charge is 2.30. The van der Waals surface area contributed by atoms with Gasteiger partial charge in [-0.3, -0.25) is 9.59 Å². The number of pyridine rings is 1. The van der Waals surface area contributed by atoms with Crippen LogP contribution in [0.1, 0.15) is 47.3 Å². The van der Waals surface area contributed by atoms with Crippen molar-refractivity contribution >= 4 is 18.3 Å². The summed E-state index contributed by atoms with van der Waals surface area (Å²) >= 11 is 0. The van der Waals surface area contributed by atoms with Crippen molar-refractivity contribution in [2.45, 2.75) is 44.6 Å². The molecule has 1 aliphatic heterocycles. The van der Waals surface area contributed by atoms with Gasteiger partial charge in [0.05, 0.1) is 0 Å². The Morgan fingerprint density at radius 3 is 2.91 bits per heavy atom. The van der Waals surface area contributed by atoms with E-state index in [0.717, 1.165) is 62.9 Å². The van der Waals surface area contributed by atoms with Crippen LogP contribution in [0.25, 0.3) is 0 Å². The number of aromatic nitrogens is 1. The predicted octanol–water partition coefficient (Wildman–Crippen LogP) is 1.50. The number of hydrogen-bond donors (Lipinski definition) is 2. The van der Waals surface area contributed by atoms with Crippen molar-refractivity contribution in [3.63, 3.8) is 0 Å². The molecular formula is C16H24ClN3O2. The van der Waals surface area contributed by atoms with E-state index in [0.29, 0.717) is 5.56 Å². The van der Waals surface area contributed by atoms with Crippen molar-refractivity contribution in [2.24, 2.45) is 0 Å². The Kier molecular flexibility index (Phi) is 5.64. The molecule has 1 aromatic rings. The maximum atomic E-state index is 12.7. The second-order valence-corrected chi connectivity index (χ2v) is 6.08. The van der Waals surface area contributed by atoms with Gasteiger partial charge in [-0.2, -0.15) is 0 Å². The van der Waals surface area contributed by atoms with Gasteiger partial charge in [0.2, 0.25) is 0 Å². The molecule has 0 radical (unpaired) electrons. The van der Waals surface area contributed by atoms with E-state index in [2.05, 4.69) is 10.3 Å². The average molecular weight is 326 g/mol. The van der Waals surface area contributed by atoms with Crippen LogP contribution in [-0.4, -0.2) is 42.0 Å². The summed E-state index contributed by atoms with van der Waals surface area (Å²) in [5.74, 6) is -0.109. The molecule has 1 amide bonds. The quantitative estimate of drug-likeness (QED) is 0.885. The molecule has 0 bridgehead atoms. The van der Waals surface area contributed by atoms with Crippen molar-refractivity contribution in [3.8, 4) is 0 Å². The summed E-state index contributed by atoms with van der Waals surface area (Å²) in [6.45, 7) is 1.54. The third-order valence-electron chi connectivity index (χ3n) is 4.65. The standard InChI is InChI=1S/C16H23N3O2.ClH/c1-17-10-12-6-4-8-19(12)16(21)13-9-11-5-2-3-7-14(11)18-15(13)20;/h9,12,17H,2-8,10H2,1H3,(H,18,20);1H. The van der Waals surface area contributed by atoms with Crippen molar-refractivity contribution in [1.82, 2.24) is 15.2 Å². The zero-order valence-corrected chi connectivity index (χ0v) is 13.8. The zero-order chi connectivity index (χ0) is 14.8. The van der Waals surface area contributed by atoms with Crippen LogP contribution in [0.4, 0.5) is 0 Å². The van der Waals surface area contributed by atoms with Crippen LogP contribution < -0.4 is 10.9 Å².